The Morgan fingerprint density at radius 1 is 0.971 bits per heavy atom. The number of nitrogens with one attached hydrogen (secondary N) is 1. The average molecular weight is 490 g/mol. The van der Waals surface area contributed by atoms with E-state index in [4.69, 9.17) is 4.74 Å². The number of hydrogen-bond acceptors (Lipinski definition) is 3. The van der Waals surface area contributed by atoms with Crippen LogP contribution in [0.2, 0.25) is 0 Å². The number of hydrogen-bond donors (Lipinski definition) is 2. The average Bonchev–Trinajstić information content (AvgIpc) is 3.19. The Morgan fingerprint density at radius 2 is 1.60 bits per heavy atom. The number of fused-ring (bicyclic) bond motifs is 1. The zero-order valence-electron chi connectivity index (χ0n) is 17.8. The van der Waals surface area contributed by atoms with E-state index in [0.29, 0.717) is 0 Å². The van der Waals surface area contributed by atoms with Crippen LogP contribution in [0.25, 0.3) is 16.8 Å². The molecule has 0 aliphatic carbocycles. The summed E-state index contributed by atoms with van der Waals surface area (Å²) in [6, 6.07) is 11.1. The van der Waals surface area contributed by atoms with Gasteiger partial charge in [0.2, 0.25) is 5.88 Å². The summed E-state index contributed by atoms with van der Waals surface area (Å²) in [6.07, 6.45) is -4.79. The summed E-state index contributed by atoms with van der Waals surface area (Å²) < 4.78 is 75.5. The van der Waals surface area contributed by atoms with Gasteiger partial charge >= 0.3 is 12.1 Å². The van der Waals surface area contributed by atoms with Crippen molar-refractivity contribution in [1.82, 2.24) is 4.40 Å². The van der Waals surface area contributed by atoms with Crippen LogP contribution in [-0.4, -0.2) is 28.5 Å². The third kappa shape index (κ3) is 4.27. The number of anilines is 1. The lowest BCUT2D eigenvalue weighted by Crippen LogP contribution is -2.15. The normalized spacial score (nSPS) is 11.5. The molecule has 0 radical (unpaired) electrons. The number of nitrogens with zero attached hydrogens (tertiary/aromatic N) is 1. The van der Waals surface area contributed by atoms with Crippen molar-refractivity contribution >= 4 is 23.1 Å². The monoisotopic (exact) mass is 490 g/mol. The van der Waals surface area contributed by atoms with Crippen molar-refractivity contribution < 1.29 is 41.4 Å². The standard InChI is InChI=1S/C24H15F5N2O4/c1-35-22-15(23(33)34)10-9-14-11-16(24(27,28)29)20(31(14)22)12-5-7-13(8-6-12)30-21(32)19-17(25)3-2-4-18(19)26/h2-11H,1H3,(H,30,32)(H,33,34). The predicted molar refractivity (Wildman–Crippen MR) is 116 cm³/mol. The van der Waals surface area contributed by atoms with Crippen molar-refractivity contribution in [3.8, 4) is 17.1 Å². The Morgan fingerprint density at radius 3 is 2.14 bits per heavy atom. The van der Waals surface area contributed by atoms with Gasteiger partial charge in [0.25, 0.3) is 5.91 Å². The molecule has 4 aromatic rings. The molecule has 0 atom stereocenters. The van der Waals surface area contributed by atoms with Crippen LogP contribution in [0.3, 0.4) is 0 Å². The second-order valence-electron chi connectivity index (χ2n) is 7.35. The van der Waals surface area contributed by atoms with E-state index in [1.54, 1.807) is 0 Å². The highest BCUT2D eigenvalue weighted by Gasteiger charge is 2.37. The van der Waals surface area contributed by atoms with E-state index < -0.39 is 40.8 Å². The third-order valence-electron chi connectivity index (χ3n) is 5.22. The molecule has 0 fully saturated rings. The number of methoxy groups -OCH3 is 1. The van der Waals surface area contributed by atoms with Gasteiger partial charge in [-0.05, 0) is 48.0 Å². The van der Waals surface area contributed by atoms with Gasteiger partial charge in [0, 0.05) is 11.2 Å². The van der Waals surface area contributed by atoms with E-state index in [0.717, 1.165) is 41.8 Å². The fourth-order valence-corrected chi connectivity index (χ4v) is 3.72. The summed E-state index contributed by atoms with van der Waals surface area (Å²) in [6.45, 7) is 0. The van der Waals surface area contributed by atoms with E-state index in [-0.39, 0.29) is 33.9 Å². The number of rotatable bonds is 5. The lowest BCUT2D eigenvalue weighted by molar-refractivity contribution is -0.137. The van der Waals surface area contributed by atoms with Crippen LogP contribution in [0.5, 0.6) is 5.88 Å². The highest BCUT2D eigenvalue weighted by Crippen LogP contribution is 2.42. The number of aromatic nitrogens is 1. The van der Waals surface area contributed by atoms with Gasteiger partial charge in [-0.3, -0.25) is 9.20 Å². The molecular formula is C24H15F5N2O4. The zero-order chi connectivity index (χ0) is 25.5. The highest BCUT2D eigenvalue weighted by molar-refractivity contribution is 6.04. The summed E-state index contributed by atoms with van der Waals surface area (Å²) in [7, 11) is 1.14. The Kier molecular flexibility index (Phi) is 5.93. The molecule has 180 valence electrons. The van der Waals surface area contributed by atoms with Gasteiger partial charge in [-0.2, -0.15) is 13.2 Å². The first-order valence-electron chi connectivity index (χ1n) is 9.91. The zero-order valence-corrected chi connectivity index (χ0v) is 17.8. The highest BCUT2D eigenvalue weighted by atomic mass is 19.4. The summed E-state index contributed by atoms with van der Waals surface area (Å²) in [5.74, 6) is -4.93. The molecule has 0 aliphatic heterocycles. The van der Waals surface area contributed by atoms with Crippen molar-refractivity contribution in [3.05, 3.63) is 89.0 Å². The minimum absolute atomic E-state index is 0.0215. The molecule has 0 unspecified atom stereocenters. The van der Waals surface area contributed by atoms with Crippen LogP contribution < -0.4 is 10.1 Å². The molecule has 1 amide bonds. The quantitative estimate of drug-likeness (QED) is 0.344. The predicted octanol–water partition coefficient (Wildman–Crippen LogP) is 5.86. The Labute approximate surface area is 194 Å². The SMILES string of the molecule is COc1c(C(=O)O)ccc2cc(C(F)(F)F)c(-c3ccc(NC(=O)c4c(F)cccc4F)cc3)n12. The summed E-state index contributed by atoms with van der Waals surface area (Å²) in [5, 5.41) is 11.7. The molecule has 11 heteroatoms. The van der Waals surface area contributed by atoms with Gasteiger partial charge in [-0.15, -0.1) is 0 Å². The first kappa shape index (κ1) is 23.7. The van der Waals surface area contributed by atoms with Gasteiger partial charge in [-0.25, -0.2) is 13.6 Å². The molecule has 0 aliphatic rings. The van der Waals surface area contributed by atoms with E-state index in [1.165, 1.54) is 30.3 Å². The summed E-state index contributed by atoms with van der Waals surface area (Å²) in [5.41, 5.74) is -2.45. The van der Waals surface area contributed by atoms with Gasteiger partial charge in [0.05, 0.1) is 18.4 Å². The number of alkyl halides is 3. The molecule has 2 N–H and O–H groups in total. The van der Waals surface area contributed by atoms with Crippen LogP contribution in [0.1, 0.15) is 26.3 Å². The number of halogens is 5. The topological polar surface area (TPSA) is 80.0 Å². The van der Waals surface area contributed by atoms with Crippen LogP contribution >= 0.6 is 0 Å². The molecule has 35 heavy (non-hydrogen) atoms. The smallest absolute Gasteiger partial charge is 0.418 e. The molecule has 0 spiro atoms. The lowest BCUT2D eigenvalue weighted by Gasteiger charge is -2.14. The Hall–Kier alpha value is -4.41. The molecule has 2 aromatic carbocycles. The van der Waals surface area contributed by atoms with Crippen molar-refractivity contribution in [2.45, 2.75) is 6.18 Å². The lowest BCUT2D eigenvalue weighted by atomic mass is 10.1. The molecule has 0 bridgehead atoms. The molecular weight excluding hydrogens is 475 g/mol. The molecule has 6 nitrogen and oxygen atoms in total. The number of ether oxygens (including phenoxy) is 1. The van der Waals surface area contributed by atoms with Crippen LogP contribution in [0.15, 0.2) is 60.7 Å². The van der Waals surface area contributed by atoms with Crippen LogP contribution in [0.4, 0.5) is 27.6 Å². The van der Waals surface area contributed by atoms with Gasteiger partial charge in [-0.1, -0.05) is 18.2 Å². The number of aromatic carboxylic acids is 1. The molecule has 2 aromatic heterocycles. The Balaban J connectivity index is 1.81. The summed E-state index contributed by atoms with van der Waals surface area (Å²) >= 11 is 0. The fourth-order valence-electron chi connectivity index (χ4n) is 3.72. The number of benzene rings is 2. The fraction of sp³-hybridized carbons (Fsp3) is 0.0833. The molecule has 0 saturated heterocycles. The van der Waals surface area contributed by atoms with Crippen LogP contribution in [0, 0.1) is 11.6 Å². The Bertz CT molecular complexity index is 1440. The van der Waals surface area contributed by atoms with Crippen molar-refractivity contribution in [1.29, 1.82) is 0 Å². The molecule has 0 saturated carbocycles. The van der Waals surface area contributed by atoms with E-state index in [9.17, 15) is 36.6 Å². The molecule has 2 heterocycles. The van der Waals surface area contributed by atoms with Gasteiger partial charge in [0.1, 0.15) is 22.8 Å². The first-order valence-corrected chi connectivity index (χ1v) is 9.91. The van der Waals surface area contributed by atoms with Gasteiger partial charge in [0.15, 0.2) is 0 Å². The van der Waals surface area contributed by atoms with E-state index in [2.05, 4.69) is 5.32 Å². The number of carboxylic acids is 1. The number of amides is 1. The number of carbonyl (C=O) groups excluding carboxylic acids is 1. The first-order chi connectivity index (χ1) is 16.5. The van der Waals surface area contributed by atoms with Gasteiger partial charge < -0.3 is 15.2 Å². The number of carboxylic acid groups (broad SMARTS) is 1. The second-order valence-corrected chi connectivity index (χ2v) is 7.35. The number of carbonyl (C=O) groups is 2. The van der Waals surface area contributed by atoms with Crippen LogP contribution in [-0.2, 0) is 6.18 Å². The maximum absolute atomic E-state index is 13.9. The minimum Gasteiger partial charge on any atom is -0.481 e. The molecule has 4 rings (SSSR count). The van der Waals surface area contributed by atoms with E-state index in [1.807, 2.05) is 0 Å². The summed E-state index contributed by atoms with van der Waals surface area (Å²) in [4.78, 5) is 23.9. The largest absolute Gasteiger partial charge is 0.481 e. The number of pyridine rings is 1. The van der Waals surface area contributed by atoms with Crippen molar-refractivity contribution in [2.75, 3.05) is 12.4 Å². The third-order valence-corrected chi connectivity index (χ3v) is 5.22. The van der Waals surface area contributed by atoms with E-state index >= 15 is 0 Å². The maximum atomic E-state index is 13.9. The van der Waals surface area contributed by atoms with Crippen molar-refractivity contribution in [3.63, 3.8) is 0 Å². The maximum Gasteiger partial charge on any atom is 0.418 e. The van der Waals surface area contributed by atoms with Crippen molar-refractivity contribution in [2.24, 2.45) is 0 Å². The second kappa shape index (κ2) is 8.75. The minimum atomic E-state index is -4.79.